The molecule has 0 aliphatic heterocycles. The minimum atomic E-state index is -2.66. The number of hydrogen-bond donors (Lipinski definition) is 0. The van der Waals surface area contributed by atoms with Gasteiger partial charge in [-0.2, -0.15) is 0 Å². The molecule has 194 valence electrons. The van der Waals surface area contributed by atoms with Crippen molar-refractivity contribution in [3.63, 3.8) is 0 Å². The molecule has 0 aliphatic rings. The summed E-state index contributed by atoms with van der Waals surface area (Å²) in [6, 6.07) is 33.7. The van der Waals surface area contributed by atoms with E-state index in [1.807, 2.05) is 0 Å². The van der Waals surface area contributed by atoms with E-state index in [0.29, 0.717) is 0 Å². The van der Waals surface area contributed by atoms with Crippen molar-refractivity contribution in [3.8, 4) is 0 Å². The van der Waals surface area contributed by atoms with E-state index in [2.05, 4.69) is 125 Å². The summed E-state index contributed by atoms with van der Waals surface area (Å²) in [6.07, 6.45) is 20.6. The zero-order valence-corrected chi connectivity index (χ0v) is 25.5. The van der Waals surface area contributed by atoms with Crippen LogP contribution in [0, 0.1) is 0 Å². The van der Waals surface area contributed by atoms with Crippen LogP contribution in [-0.4, -0.2) is 12.0 Å². The molecule has 0 saturated heterocycles. The standard InChI is InChI=1S/C33H43ClIP/c34-29-21-10-8-6-4-2-1-3-5-7-9-11-22-30-36(35,31-23-15-12-16-24-31,32-25-17-13-18-26-32)33-27-19-14-20-28-33/h11-20,22-28H,1-10,21,29-30H2. The molecule has 0 saturated carbocycles. The van der Waals surface area contributed by atoms with Crippen LogP contribution in [0.3, 0.4) is 0 Å². The van der Waals surface area contributed by atoms with Crippen molar-refractivity contribution in [3.05, 3.63) is 103 Å². The summed E-state index contributed by atoms with van der Waals surface area (Å²) < 4.78 is -2.66. The summed E-state index contributed by atoms with van der Waals surface area (Å²) >= 11 is 8.63. The minimum absolute atomic E-state index is 0.820. The summed E-state index contributed by atoms with van der Waals surface area (Å²) in [6.45, 7) is 0. The monoisotopic (exact) mass is 632 g/mol. The first-order chi connectivity index (χ1) is 17.7. The van der Waals surface area contributed by atoms with E-state index in [1.54, 1.807) is 0 Å². The molecule has 0 nitrogen and oxygen atoms in total. The van der Waals surface area contributed by atoms with Crippen LogP contribution in [0.25, 0.3) is 0 Å². The normalized spacial score (nSPS) is 13.0. The Labute approximate surface area is 238 Å². The third-order valence-corrected chi connectivity index (χ3v) is 18.7. The fourth-order valence-corrected chi connectivity index (χ4v) is 13.4. The summed E-state index contributed by atoms with van der Waals surface area (Å²) in [5.41, 5.74) is 0. The molecule has 0 heterocycles. The Kier molecular flexibility index (Phi) is 13.0. The van der Waals surface area contributed by atoms with Crippen molar-refractivity contribution in [2.75, 3.05) is 12.0 Å². The van der Waals surface area contributed by atoms with Gasteiger partial charge in [0.05, 0.1) is 0 Å². The van der Waals surface area contributed by atoms with Crippen molar-refractivity contribution < 1.29 is 0 Å². The van der Waals surface area contributed by atoms with Crippen molar-refractivity contribution in [2.45, 2.75) is 70.6 Å². The number of benzene rings is 3. The second kappa shape index (κ2) is 16.0. The summed E-state index contributed by atoms with van der Waals surface area (Å²) in [7, 11) is 0. The Hall–Kier alpha value is -1.15. The van der Waals surface area contributed by atoms with Gasteiger partial charge in [0.2, 0.25) is 0 Å². The van der Waals surface area contributed by atoms with Crippen molar-refractivity contribution in [1.82, 2.24) is 0 Å². The van der Waals surface area contributed by atoms with Crippen LogP contribution in [0.1, 0.15) is 70.6 Å². The Morgan fingerprint density at radius 2 is 0.861 bits per heavy atom. The predicted octanol–water partition coefficient (Wildman–Crippen LogP) is 9.95. The molecule has 0 aliphatic carbocycles. The Balaban J connectivity index is 1.61. The molecule has 0 unspecified atom stereocenters. The second-order valence-electron chi connectivity index (χ2n) is 9.86. The molecule has 0 amide bonds. The van der Waals surface area contributed by atoms with Gasteiger partial charge in [-0.1, -0.05) is 6.42 Å². The van der Waals surface area contributed by atoms with Gasteiger partial charge in [0.15, 0.2) is 0 Å². The zero-order valence-electron chi connectivity index (χ0n) is 21.7. The van der Waals surface area contributed by atoms with E-state index in [4.69, 9.17) is 11.6 Å². The molecule has 0 radical (unpaired) electrons. The van der Waals surface area contributed by atoms with Gasteiger partial charge in [-0.05, 0) is 6.42 Å². The first kappa shape index (κ1) is 29.4. The summed E-state index contributed by atoms with van der Waals surface area (Å²) in [4.78, 5) is 0. The third kappa shape index (κ3) is 7.92. The van der Waals surface area contributed by atoms with E-state index < -0.39 is 4.25 Å². The van der Waals surface area contributed by atoms with Gasteiger partial charge in [-0.15, -0.1) is 11.6 Å². The van der Waals surface area contributed by atoms with E-state index in [-0.39, 0.29) is 0 Å². The number of alkyl halides is 1. The topological polar surface area (TPSA) is 0 Å². The second-order valence-corrected chi connectivity index (χ2v) is 20.9. The van der Waals surface area contributed by atoms with Crippen molar-refractivity contribution in [2.24, 2.45) is 0 Å². The van der Waals surface area contributed by atoms with E-state index >= 15 is 0 Å². The van der Waals surface area contributed by atoms with Gasteiger partial charge in [-0.25, -0.2) is 0 Å². The van der Waals surface area contributed by atoms with Gasteiger partial charge in [-0.3, -0.25) is 0 Å². The van der Waals surface area contributed by atoms with Crippen LogP contribution >= 0.6 is 37.9 Å². The molecule has 3 heteroatoms. The first-order valence-electron chi connectivity index (χ1n) is 13.8. The van der Waals surface area contributed by atoms with Crippen molar-refractivity contribution in [1.29, 1.82) is 0 Å². The van der Waals surface area contributed by atoms with Crippen LogP contribution < -0.4 is 15.9 Å². The maximum absolute atomic E-state index is 5.75. The molecule has 3 rings (SSSR count). The molecule has 0 bridgehead atoms. The van der Waals surface area contributed by atoms with Gasteiger partial charge in [0, 0.05) is 5.88 Å². The van der Waals surface area contributed by atoms with E-state index in [9.17, 15) is 0 Å². The number of allylic oxidation sites excluding steroid dienone is 2. The van der Waals surface area contributed by atoms with E-state index in [1.165, 1.54) is 86.5 Å². The fourth-order valence-electron chi connectivity index (χ4n) is 5.14. The number of hydrogen-bond acceptors (Lipinski definition) is 0. The average molecular weight is 633 g/mol. The number of unbranched alkanes of at least 4 members (excludes halogenated alkanes) is 10. The molecule has 3 aromatic rings. The van der Waals surface area contributed by atoms with Crippen LogP contribution in [0.15, 0.2) is 103 Å². The summed E-state index contributed by atoms with van der Waals surface area (Å²) in [5, 5.41) is 4.36. The molecule has 3 aromatic carbocycles. The van der Waals surface area contributed by atoms with Gasteiger partial charge in [0.1, 0.15) is 0 Å². The molecule has 0 aromatic heterocycles. The summed E-state index contributed by atoms with van der Waals surface area (Å²) in [5.74, 6) is 0.820. The molecular weight excluding hydrogens is 590 g/mol. The molecule has 0 fully saturated rings. The van der Waals surface area contributed by atoms with E-state index in [0.717, 1.165) is 12.0 Å². The third-order valence-electron chi connectivity index (χ3n) is 7.25. The quantitative estimate of drug-likeness (QED) is 0.0457. The molecular formula is C33H43ClIP. The Morgan fingerprint density at radius 1 is 0.500 bits per heavy atom. The van der Waals surface area contributed by atoms with Gasteiger partial charge >= 0.3 is 209 Å². The predicted molar refractivity (Wildman–Crippen MR) is 175 cm³/mol. The van der Waals surface area contributed by atoms with Crippen LogP contribution in [0.5, 0.6) is 0 Å². The average Bonchev–Trinajstić information content (AvgIpc) is 2.94. The molecule has 0 N–H and O–H groups in total. The first-order valence-corrected chi connectivity index (χ1v) is 19.5. The molecule has 0 atom stereocenters. The number of halogens is 2. The van der Waals surface area contributed by atoms with Gasteiger partial charge in [0.25, 0.3) is 0 Å². The van der Waals surface area contributed by atoms with Gasteiger partial charge < -0.3 is 0 Å². The van der Waals surface area contributed by atoms with Crippen LogP contribution in [-0.2, 0) is 0 Å². The zero-order chi connectivity index (χ0) is 25.4. The Morgan fingerprint density at radius 3 is 1.25 bits per heavy atom. The molecule has 36 heavy (non-hydrogen) atoms. The van der Waals surface area contributed by atoms with Crippen LogP contribution in [0.4, 0.5) is 0 Å². The Bertz CT molecular complexity index is 904. The SMILES string of the molecule is ClCCCCCCCCCCCCC=CCP(I)(c1ccccc1)(c1ccccc1)c1ccccc1. The van der Waals surface area contributed by atoms with Crippen LogP contribution in [0.2, 0.25) is 0 Å². The molecule has 0 spiro atoms. The van der Waals surface area contributed by atoms with Crippen molar-refractivity contribution >= 4 is 53.8 Å². The fraction of sp³-hybridized carbons (Fsp3) is 0.394. The number of rotatable bonds is 17. The maximum atomic E-state index is 5.75.